The quantitative estimate of drug-likeness (QED) is 0.278. The van der Waals surface area contributed by atoms with E-state index < -0.39 is 60.2 Å². The molecule has 0 radical (unpaired) electrons. The van der Waals surface area contributed by atoms with E-state index in [1.54, 1.807) is 19.1 Å². The van der Waals surface area contributed by atoms with Crippen molar-refractivity contribution in [3.8, 4) is 5.75 Å². The Hall–Kier alpha value is -3.93. The van der Waals surface area contributed by atoms with E-state index in [1.807, 2.05) is 0 Å². The Morgan fingerprint density at radius 2 is 1.43 bits per heavy atom. The first-order valence-corrected chi connectivity index (χ1v) is 13.0. The number of carbonyl (C=O) groups is 4. The number of hydrogen-bond donors (Lipinski definition) is 0. The van der Waals surface area contributed by atoms with Crippen molar-refractivity contribution in [2.75, 3.05) is 6.61 Å². The second-order valence-electron chi connectivity index (χ2n) is 9.88. The lowest BCUT2D eigenvalue weighted by Crippen LogP contribution is -2.63. The number of ether oxygens (including phenoxy) is 6. The Morgan fingerprint density at radius 3 is 2.05 bits per heavy atom. The monoisotopic (exact) mass is 560 g/mol. The predicted molar refractivity (Wildman–Crippen MR) is 136 cm³/mol. The smallest absolute Gasteiger partial charge is 0.339 e. The molecule has 5 atom stereocenters. The summed E-state index contributed by atoms with van der Waals surface area (Å²) in [6.45, 7) is 6.05. The molecular formula is C28H32O12. The van der Waals surface area contributed by atoms with Crippen LogP contribution in [-0.4, -0.2) is 61.2 Å². The summed E-state index contributed by atoms with van der Waals surface area (Å²) in [5.41, 5.74) is 2.02. The van der Waals surface area contributed by atoms with Gasteiger partial charge in [0.15, 0.2) is 12.2 Å². The molecule has 40 heavy (non-hydrogen) atoms. The standard InChI is InChI=1S/C28H32O12/c1-13-10-20-23(18-8-6-7-9-19(18)27(33)38-20)21(11-13)39-28-26(37-17(5)32)25(36-16(4)31)24(35-15(3)30)22(40-28)12-34-14(2)29/h10-11,22,24-26,28H,6-9,12H2,1-5H3. The molecule has 12 heteroatoms. The van der Waals surface area contributed by atoms with E-state index in [9.17, 15) is 24.0 Å². The number of carbonyl (C=O) groups excluding carboxylic acids is 4. The van der Waals surface area contributed by atoms with Crippen LogP contribution in [0.15, 0.2) is 21.3 Å². The maximum atomic E-state index is 12.7. The molecule has 0 spiro atoms. The third-order valence-corrected chi connectivity index (χ3v) is 6.62. The van der Waals surface area contributed by atoms with Crippen molar-refractivity contribution in [2.24, 2.45) is 0 Å². The lowest BCUT2D eigenvalue weighted by molar-refractivity contribution is -0.288. The molecule has 216 valence electrons. The molecule has 5 unspecified atom stereocenters. The Labute approximate surface area is 229 Å². The van der Waals surface area contributed by atoms with Gasteiger partial charge in [0.2, 0.25) is 12.4 Å². The van der Waals surface area contributed by atoms with Gasteiger partial charge in [-0.25, -0.2) is 4.79 Å². The molecule has 0 saturated carbocycles. The second kappa shape index (κ2) is 12.1. The van der Waals surface area contributed by atoms with Crippen LogP contribution < -0.4 is 10.4 Å². The van der Waals surface area contributed by atoms with E-state index >= 15 is 0 Å². The zero-order valence-electron chi connectivity index (χ0n) is 23.0. The lowest BCUT2D eigenvalue weighted by Gasteiger charge is -2.44. The molecule has 1 aliphatic carbocycles. The zero-order valence-corrected chi connectivity index (χ0v) is 23.0. The molecule has 1 aliphatic heterocycles. The van der Waals surface area contributed by atoms with Crippen LogP contribution in [0.3, 0.4) is 0 Å². The van der Waals surface area contributed by atoms with Crippen molar-refractivity contribution in [3.05, 3.63) is 39.2 Å². The van der Waals surface area contributed by atoms with Gasteiger partial charge in [0.25, 0.3) is 0 Å². The summed E-state index contributed by atoms with van der Waals surface area (Å²) in [4.78, 5) is 60.5. The first-order valence-electron chi connectivity index (χ1n) is 13.0. The SMILES string of the molecule is CC(=O)OCC1OC(Oc2cc(C)cc3oc(=O)c4c(c23)CCCC4)C(OC(C)=O)C(OC(C)=O)C1OC(C)=O. The van der Waals surface area contributed by atoms with Crippen LogP contribution in [0.5, 0.6) is 5.75 Å². The van der Waals surface area contributed by atoms with E-state index in [1.165, 1.54) is 6.92 Å². The summed E-state index contributed by atoms with van der Waals surface area (Å²) < 4.78 is 39.6. The average molecular weight is 561 g/mol. The van der Waals surface area contributed by atoms with E-state index in [4.69, 9.17) is 32.8 Å². The fourth-order valence-corrected chi connectivity index (χ4v) is 5.17. The number of benzene rings is 1. The van der Waals surface area contributed by atoms with Crippen LogP contribution in [0.25, 0.3) is 11.0 Å². The molecule has 2 aromatic rings. The van der Waals surface area contributed by atoms with Crippen molar-refractivity contribution in [2.45, 2.75) is 91.0 Å². The van der Waals surface area contributed by atoms with Gasteiger partial charge in [-0.3, -0.25) is 19.2 Å². The van der Waals surface area contributed by atoms with Gasteiger partial charge in [0.1, 0.15) is 24.0 Å². The zero-order chi connectivity index (χ0) is 29.1. The normalized spacial score (nSPS) is 24.0. The molecule has 2 aliphatic rings. The summed E-state index contributed by atoms with van der Waals surface area (Å²) in [7, 11) is 0. The fraction of sp³-hybridized carbons (Fsp3) is 0.536. The number of fused-ring (bicyclic) bond motifs is 3. The maximum absolute atomic E-state index is 12.7. The topological polar surface area (TPSA) is 154 Å². The summed E-state index contributed by atoms with van der Waals surface area (Å²) in [6, 6.07) is 3.46. The summed E-state index contributed by atoms with van der Waals surface area (Å²) in [6.07, 6.45) is -3.69. The lowest BCUT2D eigenvalue weighted by atomic mass is 9.90. The number of rotatable bonds is 7. The molecular weight excluding hydrogens is 528 g/mol. The highest BCUT2D eigenvalue weighted by atomic mass is 16.7. The van der Waals surface area contributed by atoms with Gasteiger partial charge in [0.05, 0.1) is 5.39 Å². The highest BCUT2D eigenvalue weighted by Gasteiger charge is 2.53. The Kier molecular flexibility index (Phi) is 8.77. The molecule has 0 N–H and O–H groups in total. The highest BCUT2D eigenvalue weighted by molar-refractivity contribution is 5.88. The van der Waals surface area contributed by atoms with Crippen molar-refractivity contribution in [1.82, 2.24) is 0 Å². The van der Waals surface area contributed by atoms with Crippen LogP contribution in [0.2, 0.25) is 0 Å². The van der Waals surface area contributed by atoms with Gasteiger partial charge < -0.3 is 32.8 Å². The van der Waals surface area contributed by atoms with Crippen molar-refractivity contribution in [3.63, 3.8) is 0 Å². The first kappa shape index (κ1) is 29.1. The summed E-state index contributed by atoms with van der Waals surface area (Å²) in [5.74, 6) is -2.55. The van der Waals surface area contributed by atoms with Gasteiger partial charge in [-0.05, 0) is 55.9 Å². The Morgan fingerprint density at radius 1 is 0.825 bits per heavy atom. The molecule has 1 aromatic carbocycles. The van der Waals surface area contributed by atoms with Gasteiger partial charge in [-0.1, -0.05) is 0 Å². The second-order valence-corrected chi connectivity index (χ2v) is 9.88. The van der Waals surface area contributed by atoms with Gasteiger partial charge in [-0.2, -0.15) is 0 Å². The molecule has 1 aromatic heterocycles. The van der Waals surface area contributed by atoms with Gasteiger partial charge >= 0.3 is 29.5 Å². The summed E-state index contributed by atoms with van der Waals surface area (Å²) in [5, 5.41) is 0.577. The summed E-state index contributed by atoms with van der Waals surface area (Å²) >= 11 is 0. The highest BCUT2D eigenvalue weighted by Crippen LogP contribution is 2.37. The van der Waals surface area contributed by atoms with Gasteiger partial charge in [0, 0.05) is 33.3 Å². The minimum atomic E-state index is -1.41. The van der Waals surface area contributed by atoms with Crippen LogP contribution in [0, 0.1) is 6.92 Å². The minimum absolute atomic E-state index is 0.290. The minimum Gasteiger partial charge on any atom is -0.463 e. The maximum Gasteiger partial charge on any atom is 0.339 e. The largest absolute Gasteiger partial charge is 0.463 e. The van der Waals surface area contributed by atoms with Crippen LogP contribution in [0.4, 0.5) is 0 Å². The van der Waals surface area contributed by atoms with Gasteiger partial charge in [-0.15, -0.1) is 0 Å². The molecule has 0 bridgehead atoms. The molecule has 1 fully saturated rings. The van der Waals surface area contributed by atoms with Crippen molar-refractivity contribution < 1.29 is 52.0 Å². The van der Waals surface area contributed by atoms with E-state index in [0.29, 0.717) is 34.9 Å². The first-order chi connectivity index (χ1) is 18.9. The van der Waals surface area contributed by atoms with Crippen molar-refractivity contribution >= 4 is 34.8 Å². The fourth-order valence-electron chi connectivity index (χ4n) is 5.17. The molecule has 0 amide bonds. The Bertz CT molecular complexity index is 1380. The molecule has 12 nitrogen and oxygen atoms in total. The van der Waals surface area contributed by atoms with Crippen LogP contribution in [-0.2, 0) is 55.7 Å². The molecule has 1 saturated heterocycles. The van der Waals surface area contributed by atoms with E-state index in [0.717, 1.165) is 39.2 Å². The predicted octanol–water partition coefficient (Wildman–Crippen LogP) is 2.44. The third kappa shape index (κ3) is 6.44. The van der Waals surface area contributed by atoms with E-state index in [-0.39, 0.29) is 12.4 Å². The molecule has 4 rings (SSSR count). The van der Waals surface area contributed by atoms with Crippen molar-refractivity contribution in [1.29, 1.82) is 0 Å². The molecule has 2 heterocycles. The third-order valence-electron chi connectivity index (χ3n) is 6.62. The average Bonchev–Trinajstić information content (AvgIpc) is 2.85. The van der Waals surface area contributed by atoms with Crippen LogP contribution >= 0.6 is 0 Å². The van der Waals surface area contributed by atoms with E-state index in [2.05, 4.69) is 0 Å². The number of aryl methyl sites for hydroxylation is 2. The Balaban J connectivity index is 1.83. The number of esters is 4. The van der Waals surface area contributed by atoms with Crippen LogP contribution in [0.1, 0.15) is 57.2 Å². The number of hydrogen-bond acceptors (Lipinski definition) is 12.